The van der Waals surface area contributed by atoms with Gasteiger partial charge >= 0.3 is 0 Å². The maximum Gasteiger partial charge on any atom is 0.229 e. The molecule has 0 unspecified atom stereocenters. The molecule has 2 aromatic heterocycles. The van der Waals surface area contributed by atoms with E-state index >= 15 is 0 Å². The molecule has 180 valence electrons. The molecular formula is C24H22ClN5O4S. The molecule has 0 amide bonds. The van der Waals surface area contributed by atoms with Crippen LogP contribution >= 0.6 is 11.6 Å². The maximum absolute atomic E-state index is 11.7. The maximum atomic E-state index is 11.7. The van der Waals surface area contributed by atoms with Gasteiger partial charge in [-0.25, -0.2) is 23.4 Å². The molecule has 0 atom stereocenters. The normalized spacial score (nSPS) is 13.6. The quantitative estimate of drug-likeness (QED) is 0.399. The highest BCUT2D eigenvalue weighted by atomic mass is 35.5. The number of nitrogens with zero attached hydrogens (tertiary/aromatic N) is 4. The zero-order valence-electron chi connectivity index (χ0n) is 19.0. The number of methoxy groups -OCH3 is 1. The van der Waals surface area contributed by atoms with Gasteiger partial charge in [0.1, 0.15) is 30.3 Å². The Kier molecular flexibility index (Phi) is 6.08. The summed E-state index contributed by atoms with van der Waals surface area (Å²) in [5.41, 5.74) is 3.56. The summed E-state index contributed by atoms with van der Waals surface area (Å²) in [6, 6.07) is 13.2. The van der Waals surface area contributed by atoms with E-state index in [4.69, 9.17) is 21.1 Å². The van der Waals surface area contributed by atoms with Crippen LogP contribution in [0.5, 0.6) is 11.5 Å². The summed E-state index contributed by atoms with van der Waals surface area (Å²) in [6.07, 6.45) is 4.23. The van der Waals surface area contributed by atoms with E-state index in [1.54, 1.807) is 25.7 Å². The monoisotopic (exact) mass is 511 g/mol. The third-order valence-electron chi connectivity index (χ3n) is 5.63. The fourth-order valence-corrected chi connectivity index (χ4v) is 4.80. The van der Waals surface area contributed by atoms with Gasteiger partial charge in [-0.2, -0.15) is 0 Å². The van der Waals surface area contributed by atoms with Crippen LogP contribution in [0.3, 0.4) is 0 Å². The standard InChI is InChI=1S/C24H22ClN5O4S/c1-33-18-4-5-19-20(11-18)27-14-28-24(19)30-7-8-34-22-6-3-15(9-17(22)13-30)16-10-21(23(25)26-12-16)29-35(2,31)32/h3-6,9-12,14,29H,7-8,13H2,1-2H3. The van der Waals surface area contributed by atoms with Crippen molar-refractivity contribution in [1.29, 1.82) is 0 Å². The van der Waals surface area contributed by atoms with Crippen molar-refractivity contribution < 1.29 is 17.9 Å². The number of sulfonamides is 1. The van der Waals surface area contributed by atoms with Gasteiger partial charge in [0, 0.05) is 35.3 Å². The van der Waals surface area contributed by atoms with E-state index in [2.05, 4.69) is 24.6 Å². The molecule has 0 fully saturated rings. The van der Waals surface area contributed by atoms with Gasteiger partial charge in [-0.05, 0) is 35.9 Å². The van der Waals surface area contributed by atoms with E-state index in [1.807, 2.05) is 36.4 Å². The minimum absolute atomic E-state index is 0.0794. The van der Waals surface area contributed by atoms with Crippen molar-refractivity contribution in [3.8, 4) is 22.6 Å². The number of aromatic nitrogens is 3. The zero-order valence-corrected chi connectivity index (χ0v) is 20.6. The molecular weight excluding hydrogens is 490 g/mol. The van der Waals surface area contributed by atoms with Gasteiger partial charge in [-0.3, -0.25) is 4.72 Å². The molecule has 1 N–H and O–H groups in total. The Labute approximate surface area is 207 Å². The van der Waals surface area contributed by atoms with Crippen LogP contribution in [-0.2, 0) is 16.6 Å². The van der Waals surface area contributed by atoms with Crippen molar-refractivity contribution in [3.63, 3.8) is 0 Å². The molecule has 1 aliphatic heterocycles. The highest BCUT2D eigenvalue weighted by Crippen LogP contribution is 2.34. The number of hydrogen-bond acceptors (Lipinski definition) is 8. The van der Waals surface area contributed by atoms with Crippen molar-refractivity contribution in [3.05, 3.63) is 65.7 Å². The Morgan fingerprint density at radius 1 is 1.09 bits per heavy atom. The molecule has 1 aliphatic rings. The van der Waals surface area contributed by atoms with Crippen LogP contribution in [0.15, 0.2) is 55.0 Å². The molecule has 0 saturated heterocycles. The third kappa shape index (κ3) is 4.94. The minimum atomic E-state index is -3.50. The average molecular weight is 512 g/mol. The van der Waals surface area contributed by atoms with Crippen LogP contribution in [0.25, 0.3) is 22.0 Å². The summed E-state index contributed by atoms with van der Waals surface area (Å²) in [5, 5.41) is 1.00. The first-order valence-corrected chi connectivity index (χ1v) is 13.0. The second-order valence-corrected chi connectivity index (χ2v) is 10.2. The molecule has 0 bridgehead atoms. The van der Waals surface area contributed by atoms with Crippen molar-refractivity contribution in [1.82, 2.24) is 15.0 Å². The molecule has 5 rings (SSSR count). The number of fused-ring (bicyclic) bond motifs is 2. The molecule has 0 spiro atoms. The van der Waals surface area contributed by atoms with Crippen molar-refractivity contribution in [2.75, 3.05) is 36.1 Å². The number of anilines is 2. The number of rotatable bonds is 5. The lowest BCUT2D eigenvalue weighted by molar-refractivity contribution is 0.331. The molecule has 4 aromatic rings. The molecule has 0 saturated carbocycles. The van der Waals surface area contributed by atoms with Gasteiger partial charge in [-0.1, -0.05) is 17.7 Å². The second kappa shape index (κ2) is 9.20. The second-order valence-electron chi connectivity index (χ2n) is 8.11. The van der Waals surface area contributed by atoms with Crippen molar-refractivity contribution in [2.45, 2.75) is 6.54 Å². The summed E-state index contributed by atoms with van der Waals surface area (Å²) in [6.45, 7) is 1.71. The van der Waals surface area contributed by atoms with Gasteiger partial charge in [0.15, 0.2) is 5.15 Å². The molecule has 11 heteroatoms. The Morgan fingerprint density at radius 2 is 1.94 bits per heavy atom. The molecule has 3 heterocycles. The predicted molar refractivity (Wildman–Crippen MR) is 136 cm³/mol. The Balaban J connectivity index is 1.50. The Bertz CT molecular complexity index is 1530. The fraction of sp³-hybridized carbons (Fsp3) is 0.208. The number of hydrogen-bond donors (Lipinski definition) is 1. The van der Waals surface area contributed by atoms with E-state index in [0.29, 0.717) is 19.7 Å². The fourth-order valence-electron chi connectivity index (χ4n) is 4.03. The summed E-state index contributed by atoms with van der Waals surface area (Å²) in [5.74, 6) is 2.33. The topological polar surface area (TPSA) is 107 Å². The lowest BCUT2D eigenvalue weighted by atomic mass is 10.0. The molecule has 0 aliphatic carbocycles. The summed E-state index contributed by atoms with van der Waals surface area (Å²) >= 11 is 6.10. The third-order valence-corrected chi connectivity index (χ3v) is 6.52. The van der Waals surface area contributed by atoms with E-state index in [9.17, 15) is 8.42 Å². The highest BCUT2D eigenvalue weighted by molar-refractivity contribution is 7.92. The average Bonchev–Trinajstić information content (AvgIpc) is 3.05. The molecule has 9 nitrogen and oxygen atoms in total. The Morgan fingerprint density at radius 3 is 2.74 bits per heavy atom. The van der Waals surface area contributed by atoms with Crippen LogP contribution in [0.1, 0.15) is 5.56 Å². The number of pyridine rings is 1. The number of halogens is 1. The highest BCUT2D eigenvalue weighted by Gasteiger charge is 2.20. The van der Waals surface area contributed by atoms with E-state index in [0.717, 1.165) is 51.2 Å². The van der Waals surface area contributed by atoms with Gasteiger partial charge in [-0.15, -0.1) is 0 Å². The SMILES string of the molecule is COc1ccc2c(N3CCOc4ccc(-c5cnc(Cl)c(NS(C)(=O)=O)c5)cc4C3)ncnc2c1. The van der Waals surface area contributed by atoms with Gasteiger partial charge in [0.05, 0.1) is 31.1 Å². The summed E-state index contributed by atoms with van der Waals surface area (Å²) in [7, 11) is -1.87. The summed E-state index contributed by atoms with van der Waals surface area (Å²) < 4.78 is 37.1. The van der Waals surface area contributed by atoms with Gasteiger partial charge in [0.2, 0.25) is 10.0 Å². The lowest BCUT2D eigenvalue weighted by Gasteiger charge is -2.22. The van der Waals surface area contributed by atoms with E-state index in [1.165, 1.54) is 0 Å². The number of benzene rings is 2. The molecule has 2 aromatic carbocycles. The number of nitrogens with one attached hydrogen (secondary N) is 1. The predicted octanol–water partition coefficient (Wildman–Crippen LogP) is 4.12. The summed E-state index contributed by atoms with van der Waals surface area (Å²) in [4.78, 5) is 15.3. The van der Waals surface area contributed by atoms with E-state index < -0.39 is 10.0 Å². The zero-order chi connectivity index (χ0) is 24.6. The number of ether oxygens (including phenoxy) is 2. The van der Waals surface area contributed by atoms with Crippen LogP contribution in [-0.4, -0.2) is 49.9 Å². The van der Waals surface area contributed by atoms with Gasteiger partial charge < -0.3 is 14.4 Å². The molecule has 35 heavy (non-hydrogen) atoms. The van der Waals surface area contributed by atoms with Crippen molar-refractivity contribution in [2.24, 2.45) is 0 Å². The molecule has 0 radical (unpaired) electrons. The lowest BCUT2D eigenvalue weighted by Crippen LogP contribution is -2.26. The van der Waals surface area contributed by atoms with Crippen LogP contribution in [0.2, 0.25) is 5.15 Å². The first kappa shape index (κ1) is 23.1. The smallest absolute Gasteiger partial charge is 0.229 e. The van der Waals surface area contributed by atoms with Crippen LogP contribution in [0.4, 0.5) is 11.5 Å². The largest absolute Gasteiger partial charge is 0.497 e. The van der Waals surface area contributed by atoms with Gasteiger partial charge in [0.25, 0.3) is 0 Å². The Hall–Kier alpha value is -3.63. The van der Waals surface area contributed by atoms with Crippen LogP contribution in [0, 0.1) is 0 Å². The first-order chi connectivity index (χ1) is 16.8. The first-order valence-electron chi connectivity index (χ1n) is 10.7. The minimum Gasteiger partial charge on any atom is -0.497 e. The van der Waals surface area contributed by atoms with Crippen molar-refractivity contribution >= 4 is 44.0 Å². The van der Waals surface area contributed by atoms with E-state index in [-0.39, 0.29) is 10.8 Å². The van der Waals surface area contributed by atoms with Crippen LogP contribution < -0.4 is 19.1 Å².